The molecule has 0 saturated carbocycles. The molecule has 3 aromatic carbocycles. The molecule has 9 heteroatoms. The van der Waals surface area contributed by atoms with E-state index in [9.17, 15) is 19.2 Å². The molecule has 0 bridgehead atoms. The van der Waals surface area contributed by atoms with E-state index in [4.69, 9.17) is 18.9 Å². The summed E-state index contributed by atoms with van der Waals surface area (Å²) in [6.07, 6.45) is 3.61. The summed E-state index contributed by atoms with van der Waals surface area (Å²) in [4.78, 5) is 57.1. The summed E-state index contributed by atoms with van der Waals surface area (Å²) in [7, 11) is 4.43. The van der Waals surface area contributed by atoms with E-state index in [1.165, 1.54) is 35.2 Å². The van der Waals surface area contributed by atoms with Gasteiger partial charge in [0.15, 0.2) is 34.6 Å². The zero-order valence-electron chi connectivity index (χ0n) is 23.8. The summed E-state index contributed by atoms with van der Waals surface area (Å²) in [5.41, 5.74) is 0.530. The molecular formula is C33H29NO8. The van der Waals surface area contributed by atoms with Crippen molar-refractivity contribution < 1.29 is 38.1 Å². The number of anilines is 1. The number of carbonyl (C=O) groups is 4. The van der Waals surface area contributed by atoms with Gasteiger partial charge in [0.2, 0.25) is 5.75 Å². The summed E-state index contributed by atoms with van der Waals surface area (Å²) in [5.74, 6) is -1.32. The average Bonchev–Trinajstić information content (AvgIpc) is 3.42. The maximum atomic E-state index is 14.7. The van der Waals surface area contributed by atoms with Crippen LogP contribution < -0.4 is 23.8 Å². The Hall–Kier alpha value is -4.92. The molecule has 3 atom stereocenters. The fraction of sp³-hybridized carbons (Fsp3) is 0.273. The molecule has 1 aliphatic carbocycles. The van der Waals surface area contributed by atoms with Crippen molar-refractivity contribution in [3.05, 3.63) is 82.9 Å². The standard InChI is InChI=1S/C33H29NO8/c1-17(35)28-27(20-15-24(39-3)30(41-5)25(16-20)40-4)33(31(37)21-10-6-7-11-22(21)32(33)38)26-14-13-19-9-8-12-23(42-18(2)36)29(19)34(26)28/h6-16,26-28H,1-5H3/t26-,27-,28-/m1/s1. The number of benzene rings is 3. The Morgan fingerprint density at radius 1 is 0.810 bits per heavy atom. The highest BCUT2D eigenvalue weighted by molar-refractivity contribution is 6.32. The lowest BCUT2D eigenvalue weighted by molar-refractivity contribution is -0.131. The van der Waals surface area contributed by atoms with Crippen molar-refractivity contribution >= 4 is 35.1 Å². The summed E-state index contributed by atoms with van der Waals surface area (Å²) < 4.78 is 22.4. The minimum atomic E-state index is -1.72. The van der Waals surface area contributed by atoms with Crippen molar-refractivity contribution in [1.29, 1.82) is 0 Å². The zero-order chi connectivity index (χ0) is 29.9. The lowest BCUT2D eigenvalue weighted by Gasteiger charge is -2.37. The van der Waals surface area contributed by atoms with Crippen LogP contribution >= 0.6 is 0 Å². The summed E-state index contributed by atoms with van der Waals surface area (Å²) in [5, 5.41) is 0. The van der Waals surface area contributed by atoms with Gasteiger partial charge in [0, 0.05) is 29.5 Å². The van der Waals surface area contributed by atoms with E-state index in [-0.39, 0.29) is 23.1 Å². The Morgan fingerprint density at radius 2 is 1.43 bits per heavy atom. The van der Waals surface area contributed by atoms with Gasteiger partial charge in [-0.25, -0.2) is 0 Å². The number of para-hydroxylation sites is 1. The Kier molecular flexibility index (Phi) is 6.40. The molecule has 1 spiro atoms. The first-order valence-corrected chi connectivity index (χ1v) is 13.5. The first-order valence-electron chi connectivity index (χ1n) is 13.5. The van der Waals surface area contributed by atoms with Crippen LogP contribution in [0.25, 0.3) is 6.08 Å². The van der Waals surface area contributed by atoms with E-state index < -0.39 is 29.4 Å². The third-order valence-electron chi connectivity index (χ3n) is 8.50. The number of nitrogens with zero attached hydrogens (tertiary/aromatic N) is 1. The van der Waals surface area contributed by atoms with E-state index in [0.29, 0.717) is 45.2 Å². The van der Waals surface area contributed by atoms with Gasteiger partial charge in [0.05, 0.1) is 39.1 Å². The monoisotopic (exact) mass is 567 g/mol. The summed E-state index contributed by atoms with van der Waals surface area (Å²) in [6.45, 7) is 2.73. The molecule has 2 heterocycles. The van der Waals surface area contributed by atoms with E-state index in [1.54, 1.807) is 59.5 Å². The summed E-state index contributed by atoms with van der Waals surface area (Å²) >= 11 is 0. The van der Waals surface area contributed by atoms with Crippen molar-refractivity contribution in [3.63, 3.8) is 0 Å². The topological polar surface area (TPSA) is 108 Å². The van der Waals surface area contributed by atoms with Gasteiger partial charge in [-0.15, -0.1) is 0 Å². The molecule has 1 fully saturated rings. The maximum Gasteiger partial charge on any atom is 0.308 e. The van der Waals surface area contributed by atoms with Crippen molar-refractivity contribution in [2.75, 3.05) is 26.2 Å². The van der Waals surface area contributed by atoms with Gasteiger partial charge in [0.25, 0.3) is 0 Å². The molecule has 214 valence electrons. The zero-order valence-corrected chi connectivity index (χ0v) is 23.8. The van der Waals surface area contributed by atoms with E-state index in [2.05, 4.69) is 0 Å². The fourth-order valence-electron chi connectivity index (χ4n) is 7.03. The van der Waals surface area contributed by atoms with Crippen molar-refractivity contribution in [2.45, 2.75) is 31.8 Å². The van der Waals surface area contributed by atoms with Gasteiger partial charge < -0.3 is 23.8 Å². The number of esters is 1. The predicted molar refractivity (Wildman–Crippen MR) is 154 cm³/mol. The normalized spacial score (nSPS) is 21.1. The molecule has 9 nitrogen and oxygen atoms in total. The Labute approximate surface area is 242 Å². The highest BCUT2D eigenvalue weighted by Crippen LogP contribution is 2.62. The molecule has 0 unspecified atom stereocenters. The van der Waals surface area contributed by atoms with Crippen LogP contribution in [-0.2, 0) is 9.59 Å². The lowest BCUT2D eigenvalue weighted by atomic mass is 9.64. The number of methoxy groups -OCH3 is 3. The molecule has 0 amide bonds. The minimum absolute atomic E-state index is 0.233. The first kappa shape index (κ1) is 27.3. The van der Waals surface area contributed by atoms with E-state index in [0.717, 1.165) is 0 Å². The molecule has 3 aliphatic rings. The molecule has 0 aromatic heterocycles. The second kappa shape index (κ2) is 9.87. The number of carbonyl (C=O) groups excluding carboxylic acids is 4. The Balaban J connectivity index is 1.70. The highest BCUT2D eigenvalue weighted by atomic mass is 16.5. The third-order valence-corrected chi connectivity index (χ3v) is 8.50. The average molecular weight is 568 g/mol. The van der Waals surface area contributed by atoms with Crippen molar-refractivity contribution in [1.82, 2.24) is 0 Å². The van der Waals surface area contributed by atoms with Crippen LogP contribution in [0.3, 0.4) is 0 Å². The highest BCUT2D eigenvalue weighted by Gasteiger charge is 2.71. The number of Topliss-reactive ketones (excluding diaryl/α,β-unsaturated/α-hetero) is 3. The predicted octanol–water partition coefficient (Wildman–Crippen LogP) is 4.66. The van der Waals surface area contributed by atoms with Crippen LogP contribution in [0.2, 0.25) is 0 Å². The number of rotatable bonds is 6. The quantitative estimate of drug-likeness (QED) is 0.239. The Bertz CT molecular complexity index is 1650. The molecule has 0 N–H and O–H groups in total. The number of fused-ring (bicyclic) bond motifs is 5. The molecule has 2 aliphatic heterocycles. The molecule has 6 rings (SSSR count). The minimum Gasteiger partial charge on any atom is -0.493 e. The molecular weight excluding hydrogens is 538 g/mol. The SMILES string of the molecule is COc1cc([C@@H]2[C@@H](C(C)=O)N3c4c(cccc4OC(C)=O)C=C[C@@H]3C23C(=O)c2ccccc2C3=O)cc(OC)c1OC. The van der Waals surface area contributed by atoms with Gasteiger partial charge in [-0.2, -0.15) is 0 Å². The lowest BCUT2D eigenvalue weighted by Crippen LogP contribution is -2.48. The van der Waals surface area contributed by atoms with E-state index >= 15 is 0 Å². The second-order valence-electron chi connectivity index (χ2n) is 10.6. The van der Waals surface area contributed by atoms with Crippen LogP contribution in [0, 0.1) is 5.41 Å². The number of hydrogen-bond acceptors (Lipinski definition) is 9. The fourth-order valence-corrected chi connectivity index (χ4v) is 7.03. The van der Waals surface area contributed by atoms with Gasteiger partial charge in [-0.05, 0) is 30.7 Å². The molecule has 1 saturated heterocycles. The van der Waals surface area contributed by atoms with Gasteiger partial charge in [-0.3, -0.25) is 19.2 Å². The van der Waals surface area contributed by atoms with Gasteiger partial charge in [0.1, 0.15) is 5.41 Å². The van der Waals surface area contributed by atoms with Crippen LogP contribution in [0.1, 0.15) is 51.6 Å². The molecule has 0 radical (unpaired) electrons. The smallest absolute Gasteiger partial charge is 0.308 e. The van der Waals surface area contributed by atoms with Gasteiger partial charge in [-0.1, -0.05) is 48.6 Å². The summed E-state index contributed by atoms with van der Waals surface area (Å²) in [6, 6.07) is 13.5. The molecule has 3 aromatic rings. The Morgan fingerprint density at radius 3 is 1.95 bits per heavy atom. The van der Waals surface area contributed by atoms with Crippen LogP contribution in [0.4, 0.5) is 5.69 Å². The number of ether oxygens (including phenoxy) is 4. The van der Waals surface area contributed by atoms with Crippen molar-refractivity contribution in [3.8, 4) is 23.0 Å². The number of ketones is 3. The third kappa shape index (κ3) is 3.55. The van der Waals surface area contributed by atoms with E-state index in [1.807, 2.05) is 12.1 Å². The first-order chi connectivity index (χ1) is 20.2. The largest absolute Gasteiger partial charge is 0.493 e. The maximum absolute atomic E-state index is 14.7. The second-order valence-corrected chi connectivity index (χ2v) is 10.6. The van der Waals surface area contributed by atoms with Crippen LogP contribution in [-0.4, -0.2) is 56.7 Å². The van der Waals surface area contributed by atoms with Gasteiger partial charge >= 0.3 is 5.97 Å². The van der Waals surface area contributed by atoms with Crippen LogP contribution in [0.15, 0.2) is 60.7 Å². The van der Waals surface area contributed by atoms with Crippen molar-refractivity contribution in [2.24, 2.45) is 5.41 Å². The van der Waals surface area contributed by atoms with Crippen LogP contribution in [0.5, 0.6) is 23.0 Å². The number of hydrogen-bond donors (Lipinski definition) is 0. The molecule has 42 heavy (non-hydrogen) atoms.